The normalized spacial score (nSPS) is 23.8. The Balaban J connectivity index is 1.13. The van der Waals surface area contributed by atoms with Crippen molar-refractivity contribution in [3.8, 4) is 0 Å². The van der Waals surface area contributed by atoms with Crippen molar-refractivity contribution in [1.29, 1.82) is 0 Å². The molecule has 8 nitrogen and oxygen atoms in total. The summed E-state index contributed by atoms with van der Waals surface area (Å²) in [6, 6.07) is 12.0. The number of carbonyl (C=O) groups excluding carboxylic acids is 2. The topological polar surface area (TPSA) is 98.8 Å². The van der Waals surface area contributed by atoms with Crippen LogP contribution >= 0.6 is 0 Å². The summed E-state index contributed by atoms with van der Waals surface area (Å²) in [6.45, 7) is 5.60. The summed E-state index contributed by atoms with van der Waals surface area (Å²) in [7, 11) is -3.93. The van der Waals surface area contributed by atoms with E-state index < -0.39 is 22.0 Å². The van der Waals surface area contributed by atoms with Gasteiger partial charge in [0.25, 0.3) is 0 Å². The fourth-order valence-electron chi connectivity index (χ4n) is 6.42. The third kappa shape index (κ3) is 6.27. The Labute approximate surface area is 243 Å². The van der Waals surface area contributed by atoms with Gasteiger partial charge in [-0.3, -0.25) is 14.5 Å². The standard InChI is InChI=1S/C32H40N4O4S/c1-22-5-10-27(11-6-22)41(39,40)36-18-15-33-32(38)30(36)20-31(37)34-29-4-2-3-26-19-25(9-12-28(26)29)24-13-16-35(17-14-24)21-23-7-8-23/h5-6,9-13,19,23,29-30H,2-4,7-8,14-18,20-21H2,1H3,(H,33,38)(H,34,37)/t29-,30-/m1/s1. The van der Waals surface area contributed by atoms with E-state index in [1.165, 1.54) is 40.4 Å². The number of rotatable bonds is 8. The highest BCUT2D eigenvalue weighted by Gasteiger charge is 2.40. The molecule has 2 amide bonds. The lowest BCUT2D eigenvalue weighted by Crippen LogP contribution is -2.58. The molecule has 1 saturated heterocycles. The number of piperazine rings is 1. The summed E-state index contributed by atoms with van der Waals surface area (Å²) in [6.07, 6.45) is 8.75. The third-order valence-corrected chi connectivity index (χ3v) is 10.9. The highest BCUT2D eigenvalue weighted by molar-refractivity contribution is 7.89. The average Bonchev–Trinajstić information content (AvgIpc) is 3.78. The van der Waals surface area contributed by atoms with Crippen molar-refractivity contribution in [2.75, 3.05) is 32.7 Å². The van der Waals surface area contributed by atoms with Gasteiger partial charge < -0.3 is 10.6 Å². The lowest BCUT2D eigenvalue weighted by atomic mass is 9.85. The Morgan fingerprint density at radius 3 is 2.59 bits per heavy atom. The first-order valence-electron chi connectivity index (χ1n) is 15.0. The predicted octanol–water partition coefficient (Wildman–Crippen LogP) is 3.57. The number of benzene rings is 2. The van der Waals surface area contributed by atoms with E-state index in [0.717, 1.165) is 55.8 Å². The van der Waals surface area contributed by atoms with Gasteiger partial charge in [0.05, 0.1) is 17.4 Å². The number of amides is 2. The molecule has 218 valence electrons. The maximum absolute atomic E-state index is 13.4. The molecule has 1 saturated carbocycles. The van der Waals surface area contributed by atoms with E-state index in [1.807, 2.05) is 6.92 Å². The minimum absolute atomic E-state index is 0.128. The Bertz CT molecular complexity index is 1450. The molecular weight excluding hydrogens is 536 g/mol. The molecule has 2 heterocycles. The van der Waals surface area contributed by atoms with Crippen LogP contribution in [0.5, 0.6) is 0 Å². The number of nitrogens with one attached hydrogen (secondary N) is 2. The molecule has 2 aliphatic heterocycles. The molecule has 41 heavy (non-hydrogen) atoms. The largest absolute Gasteiger partial charge is 0.353 e. The van der Waals surface area contributed by atoms with Crippen molar-refractivity contribution < 1.29 is 18.0 Å². The number of hydrogen-bond acceptors (Lipinski definition) is 5. The van der Waals surface area contributed by atoms with Gasteiger partial charge in [-0.05, 0) is 85.8 Å². The van der Waals surface area contributed by atoms with E-state index in [0.29, 0.717) is 0 Å². The van der Waals surface area contributed by atoms with Crippen molar-refractivity contribution in [2.24, 2.45) is 5.92 Å². The zero-order chi connectivity index (χ0) is 28.6. The molecule has 2 aliphatic carbocycles. The lowest BCUT2D eigenvalue weighted by Gasteiger charge is -2.34. The molecule has 0 bridgehead atoms. The predicted molar refractivity (Wildman–Crippen MR) is 159 cm³/mol. The zero-order valence-corrected chi connectivity index (χ0v) is 24.6. The number of sulfonamides is 1. The molecule has 0 radical (unpaired) electrons. The quantitative estimate of drug-likeness (QED) is 0.501. The van der Waals surface area contributed by atoms with Gasteiger partial charge in [-0.25, -0.2) is 8.42 Å². The number of nitrogens with zero attached hydrogens (tertiary/aromatic N) is 2. The van der Waals surface area contributed by atoms with E-state index in [-0.39, 0.29) is 36.4 Å². The van der Waals surface area contributed by atoms with Crippen LogP contribution in [0.4, 0.5) is 0 Å². The summed E-state index contributed by atoms with van der Waals surface area (Å²) in [4.78, 5) is 28.8. The van der Waals surface area contributed by atoms with Crippen LogP contribution in [-0.2, 0) is 26.0 Å². The van der Waals surface area contributed by atoms with Crippen molar-refractivity contribution in [2.45, 2.75) is 68.8 Å². The Morgan fingerprint density at radius 1 is 1.05 bits per heavy atom. The van der Waals surface area contributed by atoms with Crippen molar-refractivity contribution in [3.05, 3.63) is 70.8 Å². The van der Waals surface area contributed by atoms with Crippen LogP contribution in [0.15, 0.2) is 53.4 Å². The average molecular weight is 577 g/mol. The first-order valence-corrected chi connectivity index (χ1v) is 16.4. The molecule has 2 N–H and O–H groups in total. The van der Waals surface area contributed by atoms with Gasteiger partial charge in [-0.15, -0.1) is 0 Å². The fraction of sp³-hybridized carbons (Fsp3) is 0.500. The lowest BCUT2D eigenvalue weighted by molar-refractivity contribution is -0.132. The number of carbonyl (C=O) groups is 2. The maximum Gasteiger partial charge on any atom is 0.243 e. The monoisotopic (exact) mass is 576 g/mol. The van der Waals surface area contributed by atoms with Gasteiger partial charge in [0.1, 0.15) is 6.04 Å². The highest BCUT2D eigenvalue weighted by atomic mass is 32.2. The van der Waals surface area contributed by atoms with Crippen molar-refractivity contribution >= 4 is 27.4 Å². The molecule has 0 unspecified atom stereocenters. The van der Waals surface area contributed by atoms with Gasteiger partial charge in [-0.2, -0.15) is 4.31 Å². The second-order valence-electron chi connectivity index (χ2n) is 12.0. The molecule has 2 aromatic carbocycles. The molecule has 2 aromatic rings. The van der Waals surface area contributed by atoms with Gasteiger partial charge in [0.15, 0.2) is 0 Å². The van der Waals surface area contributed by atoms with Gasteiger partial charge in [-0.1, -0.05) is 42.0 Å². The molecule has 2 fully saturated rings. The number of hydrogen-bond donors (Lipinski definition) is 2. The fourth-order valence-corrected chi connectivity index (χ4v) is 8.01. The minimum Gasteiger partial charge on any atom is -0.353 e. The minimum atomic E-state index is -3.93. The molecule has 9 heteroatoms. The van der Waals surface area contributed by atoms with Gasteiger partial charge >= 0.3 is 0 Å². The molecular formula is C32H40N4O4S. The van der Waals surface area contributed by atoms with E-state index in [2.05, 4.69) is 39.8 Å². The molecule has 0 spiro atoms. The Kier molecular flexibility index (Phi) is 8.03. The van der Waals surface area contributed by atoms with Gasteiger partial charge in [0.2, 0.25) is 21.8 Å². The molecule has 6 rings (SSSR count). The molecule has 0 aromatic heterocycles. The smallest absolute Gasteiger partial charge is 0.243 e. The summed E-state index contributed by atoms with van der Waals surface area (Å²) < 4.78 is 28.0. The van der Waals surface area contributed by atoms with E-state index >= 15 is 0 Å². The summed E-state index contributed by atoms with van der Waals surface area (Å²) >= 11 is 0. The van der Waals surface area contributed by atoms with Crippen LogP contribution in [0.3, 0.4) is 0 Å². The summed E-state index contributed by atoms with van der Waals surface area (Å²) in [5.74, 6) is 0.157. The van der Waals surface area contributed by atoms with Crippen molar-refractivity contribution in [3.63, 3.8) is 0 Å². The van der Waals surface area contributed by atoms with E-state index in [4.69, 9.17) is 0 Å². The van der Waals surface area contributed by atoms with E-state index in [9.17, 15) is 18.0 Å². The van der Waals surface area contributed by atoms with Crippen LogP contribution in [0, 0.1) is 12.8 Å². The number of aryl methyl sites for hydroxylation is 2. The SMILES string of the molecule is Cc1ccc(S(=O)(=O)N2CCNC(=O)[C@H]2CC(=O)N[C@@H]2CCCc3cc(C4=CCN(CC5CC5)CC4)ccc32)cc1. The Hall–Kier alpha value is -3.01. The van der Waals surface area contributed by atoms with Crippen LogP contribution in [-0.4, -0.2) is 68.2 Å². The van der Waals surface area contributed by atoms with Crippen LogP contribution in [0.1, 0.15) is 66.8 Å². The first-order chi connectivity index (χ1) is 19.8. The Morgan fingerprint density at radius 2 is 1.85 bits per heavy atom. The van der Waals surface area contributed by atoms with Crippen molar-refractivity contribution in [1.82, 2.24) is 19.8 Å². The second kappa shape index (κ2) is 11.7. The summed E-state index contributed by atoms with van der Waals surface area (Å²) in [5.41, 5.74) is 6.01. The second-order valence-corrected chi connectivity index (χ2v) is 13.9. The zero-order valence-electron chi connectivity index (χ0n) is 23.8. The van der Waals surface area contributed by atoms with E-state index in [1.54, 1.807) is 24.3 Å². The van der Waals surface area contributed by atoms with Crippen LogP contribution < -0.4 is 10.6 Å². The maximum atomic E-state index is 13.4. The third-order valence-electron chi connectivity index (χ3n) is 8.96. The van der Waals surface area contributed by atoms with Crippen LogP contribution in [0.2, 0.25) is 0 Å². The number of fused-ring (bicyclic) bond motifs is 1. The summed E-state index contributed by atoms with van der Waals surface area (Å²) in [5, 5.41) is 5.87. The van der Waals surface area contributed by atoms with Gasteiger partial charge in [0, 0.05) is 32.7 Å². The highest BCUT2D eigenvalue weighted by Crippen LogP contribution is 2.35. The molecule has 2 atom stereocenters. The van der Waals surface area contributed by atoms with Crippen LogP contribution in [0.25, 0.3) is 5.57 Å². The first kappa shape index (κ1) is 28.1. The molecule has 4 aliphatic rings.